The number of hydrogen-bond acceptors (Lipinski definition) is 10. The summed E-state index contributed by atoms with van der Waals surface area (Å²) in [6, 6.07) is 88.3. The van der Waals surface area contributed by atoms with Crippen LogP contribution < -0.4 is 20.7 Å². The molecule has 14 rings (SSSR count). The summed E-state index contributed by atoms with van der Waals surface area (Å²) in [5, 5.41) is 1.46. The Bertz CT molecular complexity index is 4230. The normalized spacial score (nSPS) is 18.4. The van der Waals surface area contributed by atoms with E-state index in [-0.39, 0.29) is 31.3 Å². The van der Waals surface area contributed by atoms with Gasteiger partial charge in [-0.2, -0.15) is 0 Å². The lowest BCUT2D eigenvalue weighted by Gasteiger charge is -2.32. The van der Waals surface area contributed by atoms with E-state index in [1.165, 1.54) is 0 Å². The summed E-state index contributed by atoms with van der Waals surface area (Å²) in [7, 11) is -1.79. The summed E-state index contributed by atoms with van der Waals surface area (Å²) in [5.41, 5.74) is 14.3. The maximum absolute atomic E-state index is 6.38. The van der Waals surface area contributed by atoms with E-state index in [2.05, 4.69) is 278 Å². The zero-order chi connectivity index (χ0) is 71.2. The van der Waals surface area contributed by atoms with Crippen molar-refractivity contribution in [1.82, 2.24) is 0 Å². The van der Waals surface area contributed by atoms with Crippen LogP contribution in [0.25, 0.3) is 44.5 Å². The van der Waals surface area contributed by atoms with Crippen molar-refractivity contribution < 1.29 is 38.7 Å². The third kappa shape index (κ3) is 16.1. The number of benzene rings is 10. The number of hydrogen-bond donors (Lipinski definition) is 0. The zero-order valence-corrected chi connectivity index (χ0v) is 62.0. The van der Waals surface area contributed by atoms with E-state index < -0.39 is 50.7 Å². The fourth-order valence-corrected chi connectivity index (χ4v) is 12.8. The van der Waals surface area contributed by atoms with Crippen LogP contribution in [0.4, 0.5) is 34.1 Å². The quantitative estimate of drug-likeness (QED) is 0.104. The van der Waals surface area contributed by atoms with Crippen LogP contribution in [0.3, 0.4) is 0 Å². The van der Waals surface area contributed by atoms with Crippen LogP contribution in [-0.2, 0) is 37.2 Å². The first-order valence-electron chi connectivity index (χ1n) is 34.5. The van der Waals surface area contributed by atoms with E-state index in [9.17, 15) is 0 Å². The Morgan fingerprint density at radius 3 is 0.703 bits per heavy atom. The minimum Gasteiger partial charge on any atom is -0.405 e. The van der Waals surface area contributed by atoms with E-state index in [0.717, 1.165) is 99.6 Å². The first-order chi connectivity index (χ1) is 47.3. The molecule has 16 heteroatoms. The second-order valence-electron chi connectivity index (χ2n) is 30.2. The van der Waals surface area contributed by atoms with E-state index in [4.69, 9.17) is 60.4 Å². The summed E-state index contributed by atoms with van der Waals surface area (Å²) in [4.78, 5) is 4.57. The summed E-state index contributed by atoms with van der Waals surface area (Å²) < 4.78 is 49.4. The molecule has 0 radical (unpaired) electrons. The predicted molar refractivity (Wildman–Crippen MR) is 426 cm³/mol. The standard InChI is InChI=1S/C42H45B2NO4.C30H21Cl2N.C12H24B2O4.CH4.H2/c1-39(2)40(3,4)47-43(46-39)34-20-12-16-30(26-34)32-18-14-24-37(28-32)45(36-22-10-9-11-23-36)38-25-15-19-33(29-38)31-17-13-21-35(27-31)44-48-41(5,6)42(7,8)49-44;31-26-12-4-8-22(18-26)24-10-6-16-29(20-24)33(28-14-2-1-3-15-28)30-17-7-11-25(21-30)23-9-5-13-27(32)19-23;1-9(2)10(3,4)16-13(15-9)14-17-11(5,6)12(7,8)18-14;;/h9-29H,1-8H3;1-21H;1-8H3;1H4;1H/i;;;;1+1. The molecule has 4 aliphatic rings. The highest BCUT2D eigenvalue weighted by molar-refractivity contribution is 7.11. The molecule has 0 spiro atoms. The van der Waals surface area contributed by atoms with Crippen molar-refractivity contribution in [3.05, 3.63) is 265 Å². The van der Waals surface area contributed by atoms with Gasteiger partial charge < -0.3 is 47.0 Å². The van der Waals surface area contributed by atoms with Gasteiger partial charge in [0, 0.05) is 45.6 Å². The van der Waals surface area contributed by atoms with Crippen LogP contribution >= 0.6 is 23.2 Å². The molecule has 0 N–H and O–H groups in total. The molecule has 10 aromatic rings. The van der Waals surface area contributed by atoms with Crippen molar-refractivity contribution in [2.75, 3.05) is 9.80 Å². The van der Waals surface area contributed by atoms with Gasteiger partial charge in [-0.05, 0) is 263 Å². The van der Waals surface area contributed by atoms with Gasteiger partial charge in [-0.3, -0.25) is 0 Å². The average Bonchev–Trinajstić information content (AvgIpc) is 1.51. The molecule has 0 atom stereocenters. The molecule has 10 aromatic carbocycles. The Morgan fingerprint density at radius 2 is 0.446 bits per heavy atom. The monoisotopic (exact) mass is 1390 g/mol. The van der Waals surface area contributed by atoms with Crippen LogP contribution in [0, 0.1) is 0 Å². The van der Waals surface area contributed by atoms with E-state index >= 15 is 0 Å². The van der Waals surface area contributed by atoms with Gasteiger partial charge in [-0.1, -0.05) is 188 Å². The van der Waals surface area contributed by atoms with E-state index in [1.54, 1.807) is 0 Å². The molecule has 4 saturated heterocycles. The van der Waals surface area contributed by atoms with Gasteiger partial charge in [0.15, 0.2) is 0 Å². The van der Waals surface area contributed by atoms with E-state index in [0.29, 0.717) is 0 Å². The molecule has 4 fully saturated rings. The predicted octanol–water partition coefficient (Wildman–Crippen LogP) is 22.0. The largest absolute Gasteiger partial charge is 0.494 e. The Balaban J connectivity index is 0.000000182. The fourth-order valence-electron chi connectivity index (χ4n) is 12.4. The van der Waals surface area contributed by atoms with Gasteiger partial charge in [0.2, 0.25) is 0 Å². The highest BCUT2D eigenvalue weighted by atomic mass is 35.5. The number of halogens is 2. The maximum atomic E-state index is 6.38. The van der Waals surface area contributed by atoms with Crippen molar-refractivity contribution in [3.8, 4) is 44.5 Å². The molecule has 4 aliphatic heterocycles. The lowest BCUT2D eigenvalue weighted by molar-refractivity contribution is 0.00578. The fraction of sp³-hybridized carbons (Fsp3) is 0.294. The first kappa shape index (κ1) is 74.5. The summed E-state index contributed by atoms with van der Waals surface area (Å²) in [5.74, 6) is 0. The van der Waals surface area contributed by atoms with Crippen LogP contribution in [0.5, 0.6) is 0 Å². The van der Waals surface area contributed by atoms with Crippen LogP contribution in [0.1, 0.15) is 120 Å². The lowest BCUT2D eigenvalue weighted by atomic mass is 9.49. The van der Waals surface area contributed by atoms with Gasteiger partial charge in [0.25, 0.3) is 0 Å². The molecule has 0 aromatic heterocycles. The number of rotatable bonds is 13. The van der Waals surface area contributed by atoms with Crippen molar-refractivity contribution in [2.45, 2.75) is 163 Å². The highest BCUT2D eigenvalue weighted by Gasteiger charge is 2.64. The van der Waals surface area contributed by atoms with Crippen molar-refractivity contribution >= 4 is 96.5 Å². The van der Waals surface area contributed by atoms with Gasteiger partial charge in [0.1, 0.15) is 0 Å². The van der Waals surface area contributed by atoms with Crippen molar-refractivity contribution in [2.24, 2.45) is 0 Å². The molecular weight excluding hydrogens is 1290 g/mol. The molecule has 0 unspecified atom stereocenters. The molecule has 0 bridgehead atoms. The van der Waals surface area contributed by atoms with Crippen LogP contribution in [-0.4, -0.2) is 73.1 Å². The first-order valence-corrected chi connectivity index (χ1v) is 35.3. The molecule has 4 heterocycles. The summed E-state index contributed by atoms with van der Waals surface area (Å²) in [6.45, 7) is 32.9. The number of para-hydroxylation sites is 2. The molecule has 520 valence electrons. The average molecular weight is 1390 g/mol. The zero-order valence-electron chi connectivity index (χ0n) is 60.5. The molecule has 0 amide bonds. The minimum absolute atomic E-state index is 0. The Kier molecular flexibility index (Phi) is 21.6. The number of nitrogens with zero attached hydrogens (tertiary/aromatic N) is 2. The van der Waals surface area contributed by atoms with Gasteiger partial charge in [-0.15, -0.1) is 0 Å². The molecule has 101 heavy (non-hydrogen) atoms. The second kappa shape index (κ2) is 29.2. The van der Waals surface area contributed by atoms with Gasteiger partial charge in [0.05, 0.1) is 44.8 Å². The Hall–Kier alpha value is -7.68. The SMILES string of the molecule is C.CC1(C)OB(B2OC(C)(C)C(C)(C)O2)OC1(C)C.CC1(C)OB(c2cccc(-c3cccc(N(c4ccccc4)c4cccc(-c5cccc(B6OC(C)(C)C(C)(C)O6)c5)c4)c3)c2)OC1(C)C.Clc1cccc(-c2cccc(N(c3ccccc3)c3cccc(-c4cccc(Cl)c4)c3)c2)c1.[2HH]. The van der Waals surface area contributed by atoms with Crippen molar-refractivity contribution in [3.63, 3.8) is 0 Å². The third-order valence-electron chi connectivity index (χ3n) is 21.0. The third-order valence-corrected chi connectivity index (χ3v) is 21.5. The smallest absolute Gasteiger partial charge is 0.405 e. The molecule has 0 aliphatic carbocycles. The highest BCUT2D eigenvalue weighted by Crippen LogP contribution is 2.46. The van der Waals surface area contributed by atoms with Crippen molar-refractivity contribution in [1.29, 1.82) is 0 Å². The van der Waals surface area contributed by atoms with E-state index in [1.807, 2.05) is 97.9 Å². The van der Waals surface area contributed by atoms with Crippen LogP contribution in [0.15, 0.2) is 255 Å². The maximum Gasteiger partial charge on any atom is 0.494 e. The van der Waals surface area contributed by atoms with Crippen LogP contribution in [0.2, 0.25) is 10.0 Å². The Labute approximate surface area is 613 Å². The summed E-state index contributed by atoms with van der Waals surface area (Å²) in [6.07, 6.45) is 0. The topological polar surface area (TPSA) is 80.3 Å². The molecular formula is C85H96B4Cl2N2O8. The molecule has 10 nitrogen and oxygen atoms in total. The number of anilines is 6. The molecule has 0 saturated carbocycles. The second-order valence-corrected chi connectivity index (χ2v) is 31.1. The summed E-state index contributed by atoms with van der Waals surface area (Å²) >= 11 is 12.5. The van der Waals surface area contributed by atoms with Gasteiger partial charge in [-0.25, -0.2) is 0 Å². The lowest BCUT2D eigenvalue weighted by Crippen LogP contribution is -2.41. The Morgan fingerprint density at radius 1 is 0.238 bits per heavy atom. The minimum atomic E-state index is -0.476. The van der Waals surface area contributed by atoms with Gasteiger partial charge >= 0.3 is 28.3 Å².